The summed E-state index contributed by atoms with van der Waals surface area (Å²) in [5, 5.41) is 9.64. The maximum atomic E-state index is 13.7. The second-order valence-corrected chi connectivity index (χ2v) is 5.99. The Kier molecular flexibility index (Phi) is 4.49. The van der Waals surface area contributed by atoms with Crippen LogP contribution in [-0.2, 0) is 0 Å². The Labute approximate surface area is 133 Å². The molecule has 1 aromatic carbocycles. The summed E-state index contributed by atoms with van der Waals surface area (Å²) >= 11 is 4.45. The van der Waals surface area contributed by atoms with Crippen molar-refractivity contribution in [1.82, 2.24) is 9.97 Å². The highest BCUT2D eigenvalue weighted by atomic mass is 79.9. The molecule has 0 atom stereocenters. The smallest absolute Gasteiger partial charge is 0.270 e. The zero-order valence-corrected chi connectivity index (χ0v) is 13.9. The standard InChI is InChI=1S/C14H11BrFN3OS/c1-6-4-9(16)11(15)7(2)10(6)12-8(5-17)13(20)19-14(18-12)21-3/h4H,1-3H3,(H,18,19,20). The van der Waals surface area contributed by atoms with Gasteiger partial charge in [0, 0.05) is 5.56 Å². The number of rotatable bonds is 2. The lowest BCUT2D eigenvalue weighted by molar-refractivity contribution is 0.618. The Morgan fingerprint density at radius 3 is 2.71 bits per heavy atom. The van der Waals surface area contributed by atoms with Crippen LogP contribution in [0.2, 0.25) is 0 Å². The highest BCUT2D eigenvalue weighted by molar-refractivity contribution is 9.10. The summed E-state index contributed by atoms with van der Waals surface area (Å²) in [5.41, 5.74) is 1.54. The van der Waals surface area contributed by atoms with E-state index in [4.69, 9.17) is 0 Å². The van der Waals surface area contributed by atoms with Gasteiger partial charge in [-0.2, -0.15) is 5.26 Å². The van der Waals surface area contributed by atoms with Crippen molar-refractivity contribution >= 4 is 27.7 Å². The van der Waals surface area contributed by atoms with Gasteiger partial charge in [0.2, 0.25) is 0 Å². The number of hydrogen-bond donors (Lipinski definition) is 1. The molecule has 0 fully saturated rings. The molecule has 7 heteroatoms. The lowest BCUT2D eigenvalue weighted by Gasteiger charge is -2.13. The van der Waals surface area contributed by atoms with Gasteiger partial charge < -0.3 is 4.98 Å². The SMILES string of the molecule is CSc1nc(-c2c(C)cc(F)c(Br)c2C)c(C#N)c(=O)[nH]1. The maximum absolute atomic E-state index is 13.7. The van der Waals surface area contributed by atoms with Crippen LogP contribution in [0.5, 0.6) is 0 Å². The number of aromatic nitrogens is 2. The molecule has 21 heavy (non-hydrogen) atoms. The summed E-state index contributed by atoms with van der Waals surface area (Å²) in [4.78, 5) is 18.8. The molecule has 0 spiro atoms. The van der Waals surface area contributed by atoms with E-state index < -0.39 is 5.56 Å². The van der Waals surface area contributed by atoms with E-state index >= 15 is 0 Å². The molecule has 2 aromatic rings. The summed E-state index contributed by atoms with van der Waals surface area (Å²) in [6.45, 7) is 3.44. The van der Waals surface area contributed by atoms with E-state index in [1.165, 1.54) is 17.8 Å². The number of H-pyrrole nitrogens is 1. The van der Waals surface area contributed by atoms with Gasteiger partial charge in [0.05, 0.1) is 10.2 Å². The number of aromatic amines is 1. The molecule has 0 amide bonds. The Morgan fingerprint density at radius 1 is 1.48 bits per heavy atom. The minimum Gasteiger partial charge on any atom is -0.300 e. The van der Waals surface area contributed by atoms with Crippen LogP contribution >= 0.6 is 27.7 Å². The van der Waals surface area contributed by atoms with Gasteiger partial charge in [-0.3, -0.25) is 4.79 Å². The quantitative estimate of drug-likeness (QED) is 0.650. The molecule has 4 nitrogen and oxygen atoms in total. The van der Waals surface area contributed by atoms with Gasteiger partial charge in [-0.05, 0) is 53.2 Å². The van der Waals surface area contributed by atoms with Gasteiger partial charge in [0.1, 0.15) is 17.4 Å². The molecule has 108 valence electrons. The zero-order valence-electron chi connectivity index (χ0n) is 11.5. The van der Waals surface area contributed by atoms with Crippen LogP contribution in [0.1, 0.15) is 16.7 Å². The van der Waals surface area contributed by atoms with Gasteiger partial charge >= 0.3 is 0 Å². The number of hydrogen-bond acceptors (Lipinski definition) is 4. The molecule has 0 saturated carbocycles. The van der Waals surface area contributed by atoms with Gasteiger partial charge in [-0.15, -0.1) is 0 Å². The first kappa shape index (κ1) is 15.7. The molecule has 1 heterocycles. The normalized spacial score (nSPS) is 10.5. The Balaban J connectivity index is 2.92. The average Bonchev–Trinajstić information content (AvgIpc) is 2.44. The highest BCUT2D eigenvalue weighted by Gasteiger charge is 2.19. The summed E-state index contributed by atoms with van der Waals surface area (Å²) in [6, 6.07) is 3.23. The lowest BCUT2D eigenvalue weighted by atomic mass is 9.97. The Bertz CT molecular complexity index is 826. The predicted molar refractivity (Wildman–Crippen MR) is 83.9 cm³/mol. The van der Waals surface area contributed by atoms with Gasteiger partial charge in [0.15, 0.2) is 5.16 Å². The fraction of sp³-hybridized carbons (Fsp3) is 0.214. The van der Waals surface area contributed by atoms with Crippen LogP contribution < -0.4 is 5.56 Å². The first-order valence-corrected chi connectivity index (χ1v) is 7.96. The van der Waals surface area contributed by atoms with E-state index in [1.54, 1.807) is 20.1 Å². The molecular formula is C14H11BrFN3OS. The van der Waals surface area contributed by atoms with Crippen LogP contribution in [-0.4, -0.2) is 16.2 Å². The van der Waals surface area contributed by atoms with E-state index in [-0.39, 0.29) is 17.1 Å². The van der Waals surface area contributed by atoms with E-state index in [9.17, 15) is 14.4 Å². The molecule has 1 N–H and O–H groups in total. The molecule has 0 saturated heterocycles. The number of aryl methyl sites for hydroxylation is 1. The predicted octanol–water partition coefficient (Wildman–Crippen LogP) is 3.55. The molecule has 0 radical (unpaired) electrons. The van der Waals surface area contributed by atoms with Crippen molar-refractivity contribution in [1.29, 1.82) is 5.26 Å². The van der Waals surface area contributed by atoms with Gasteiger partial charge in [0.25, 0.3) is 5.56 Å². The van der Waals surface area contributed by atoms with Gasteiger partial charge in [-0.1, -0.05) is 11.8 Å². The maximum Gasteiger partial charge on any atom is 0.270 e. The van der Waals surface area contributed by atoms with Crippen LogP contribution in [0.3, 0.4) is 0 Å². The average molecular weight is 368 g/mol. The van der Waals surface area contributed by atoms with Crippen molar-refractivity contribution in [2.24, 2.45) is 0 Å². The molecule has 2 rings (SSSR count). The summed E-state index contributed by atoms with van der Waals surface area (Å²) in [7, 11) is 0. The van der Waals surface area contributed by atoms with Crippen molar-refractivity contribution in [3.05, 3.63) is 43.4 Å². The fourth-order valence-electron chi connectivity index (χ4n) is 2.11. The van der Waals surface area contributed by atoms with Crippen LogP contribution in [0.4, 0.5) is 4.39 Å². The van der Waals surface area contributed by atoms with Crippen molar-refractivity contribution < 1.29 is 4.39 Å². The van der Waals surface area contributed by atoms with E-state index in [0.717, 1.165) is 0 Å². The molecule has 0 bridgehead atoms. The summed E-state index contributed by atoms with van der Waals surface area (Å²) in [6.07, 6.45) is 1.77. The fourth-order valence-corrected chi connectivity index (χ4v) is 2.80. The van der Waals surface area contributed by atoms with Crippen molar-refractivity contribution in [2.45, 2.75) is 19.0 Å². The minimum atomic E-state index is -0.494. The van der Waals surface area contributed by atoms with Crippen LogP contribution in [0, 0.1) is 31.0 Å². The number of thioether (sulfide) groups is 1. The second kappa shape index (κ2) is 6.00. The van der Waals surface area contributed by atoms with Crippen molar-refractivity contribution in [2.75, 3.05) is 6.26 Å². The number of nitrogens with one attached hydrogen (secondary N) is 1. The molecule has 0 unspecified atom stereocenters. The molecule has 0 aliphatic rings. The molecule has 0 aliphatic heterocycles. The molecule has 0 aliphatic carbocycles. The largest absolute Gasteiger partial charge is 0.300 e. The number of benzene rings is 1. The topological polar surface area (TPSA) is 69.5 Å². The van der Waals surface area contributed by atoms with Crippen LogP contribution in [0.25, 0.3) is 11.3 Å². The summed E-state index contributed by atoms with van der Waals surface area (Å²) in [5.74, 6) is -0.387. The number of halogens is 2. The lowest BCUT2D eigenvalue weighted by Crippen LogP contribution is -2.15. The zero-order chi connectivity index (χ0) is 15.7. The number of nitriles is 1. The van der Waals surface area contributed by atoms with Crippen molar-refractivity contribution in [3.63, 3.8) is 0 Å². The monoisotopic (exact) mass is 367 g/mol. The van der Waals surface area contributed by atoms with E-state index in [2.05, 4.69) is 25.9 Å². The molecule has 1 aromatic heterocycles. The van der Waals surface area contributed by atoms with Crippen molar-refractivity contribution in [3.8, 4) is 17.3 Å². The Hall–Kier alpha value is -1.65. The first-order valence-electron chi connectivity index (χ1n) is 5.94. The van der Waals surface area contributed by atoms with E-state index in [0.29, 0.717) is 26.3 Å². The molecular weight excluding hydrogens is 357 g/mol. The first-order chi connectivity index (χ1) is 9.90. The third-order valence-electron chi connectivity index (χ3n) is 3.09. The van der Waals surface area contributed by atoms with Crippen LogP contribution in [0.15, 0.2) is 20.5 Å². The Morgan fingerprint density at radius 2 is 2.14 bits per heavy atom. The van der Waals surface area contributed by atoms with Gasteiger partial charge in [-0.25, -0.2) is 9.37 Å². The van der Waals surface area contributed by atoms with E-state index in [1.807, 2.05) is 6.07 Å². The second-order valence-electron chi connectivity index (χ2n) is 4.40. The highest BCUT2D eigenvalue weighted by Crippen LogP contribution is 2.34. The third kappa shape index (κ3) is 2.74. The summed E-state index contributed by atoms with van der Waals surface area (Å²) < 4.78 is 14.0. The third-order valence-corrected chi connectivity index (χ3v) is 4.64. The number of nitrogens with zero attached hydrogens (tertiary/aromatic N) is 2. The minimum absolute atomic E-state index is 0.0718.